The molecule has 1 heterocycles. The molecule has 88 valence electrons. The Hall–Kier alpha value is -0.0600. The van der Waals surface area contributed by atoms with Crippen LogP contribution < -0.4 is 5.32 Å². The Morgan fingerprint density at radius 1 is 1.50 bits per heavy atom. The van der Waals surface area contributed by atoms with Gasteiger partial charge in [-0.3, -0.25) is 0 Å². The van der Waals surface area contributed by atoms with Gasteiger partial charge >= 0.3 is 0 Å². The fourth-order valence-electron chi connectivity index (χ4n) is 2.09. The molecule has 1 N–H and O–H groups in total. The first-order chi connectivity index (χ1) is 7.70. The van der Waals surface area contributed by atoms with Gasteiger partial charge in [-0.1, -0.05) is 6.07 Å². The molecule has 0 amide bonds. The first-order valence-corrected chi connectivity index (χ1v) is 7.34. The normalized spacial score (nSPS) is 24.9. The summed E-state index contributed by atoms with van der Waals surface area (Å²) in [6, 6.07) is 5.91. The first-order valence-electron chi connectivity index (χ1n) is 5.39. The molecule has 2 atom stereocenters. The Labute approximate surface area is 108 Å². The summed E-state index contributed by atoms with van der Waals surface area (Å²) < 4.78 is 13.7. The highest BCUT2D eigenvalue weighted by Crippen LogP contribution is 2.28. The average molecular weight is 304 g/mol. The number of hydrogen-bond acceptors (Lipinski definition) is 2. The number of rotatable bonds is 3. The molecule has 2 unspecified atom stereocenters. The molecule has 1 aliphatic rings. The van der Waals surface area contributed by atoms with Crippen LogP contribution in [0, 0.1) is 11.7 Å². The van der Waals surface area contributed by atoms with Crippen molar-refractivity contribution in [1.82, 2.24) is 5.32 Å². The quantitative estimate of drug-likeness (QED) is 0.921. The second-order valence-electron chi connectivity index (χ2n) is 4.15. The van der Waals surface area contributed by atoms with Gasteiger partial charge in [-0.15, -0.1) is 0 Å². The van der Waals surface area contributed by atoms with E-state index in [0.29, 0.717) is 16.4 Å². The highest BCUT2D eigenvalue weighted by Gasteiger charge is 2.26. The summed E-state index contributed by atoms with van der Waals surface area (Å²) in [5, 5.41) is 3.35. The molecule has 0 spiro atoms. The highest BCUT2D eigenvalue weighted by atomic mass is 79.9. The molecular weight excluding hydrogens is 289 g/mol. The summed E-state index contributed by atoms with van der Waals surface area (Å²) in [5.74, 6) is 2.85. The van der Waals surface area contributed by atoms with Gasteiger partial charge in [-0.25, -0.2) is 4.39 Å². The molecule has 0 radical (unpaired) electrons. The lowest BCUT2D eigenvalue weighted by molar-refractivity contribution is 0.453. The monoisotopic (exact) mass is 303 g/mol. The maximum atomic E-state index is 13.1. The van der Waals surface area contributed by atoms with Gasteiger partial charge in [0.25, 0.3) is 0 Å². The third kappa shape index (κ3) is 2.79. The maximum absolute atomic E-state index is 13.1. The van der Waals surface area contributed by atoms with Crippen molar-refractivity contribution in [3.63, 3.8) is 0 Å². The van der Waals surface area contributed by atoms with Gasteiger partial charge in [0, 0.05) is 11.8 Å². The molecule has 1 aromatic carbocycles. The third-order valence-corrected chi connectivity index (χ3v) is 4.92. The van der Waals surface area contributed by atoms with Crippen LogP contribution in [0.3, 0.4) is 0 Å². The lowest BCUT2D eigenvalue weighted by Crippen LogP contribution is -2.33. The van der Waals surface area contributed by atoms with Crippen LogP contribution in [-0.4, -0.2) is 24.6 Å². The summed E-state index contributed by atoms with van der Waals surface area (Å²) in [6.07, 6.45) is 1.03. The lowest BCUT2D eigenvalue weighted by Gasteiger charge is -2.18. The van der Waals surface area contributed by atoms with Crippen molar-refractivity contribution in [3.8, 4) is 0 Å². The van der Waals surface area contributed by atoms with Crippen LogP contribution in [0.15, 0.2) is 22.7 Å². The molecule has 0 aliphatic carbocycles. The summed E-state index contributed by atoms with van der Waals surface area (Å²) in [5.41, 5.74) is 1.21. The van der Waals surface area contributed by atoms with Crippen molar-refractivity contribution in [2.24, 2.45) is 5.92 Å². The van der Waals surface area contributed by atoms with Crippen molar-refractivity contribution >= 4 is 27.7 Å². The van der Waals surface area contributed by atoms with Crippen molar-refractivity contribution < 1.29 is 4.39 Å². The largest absolute Gasteiger partial charge is 0.316 e. The predicted octanol–water partition coefficient (Wildman–Crippen LogP) is 3.08. The van der Waals surface area contributed by atoms with Crippen LogP contribution in [0.4, 0.5) is 4.39 Å². The second-order valence-corrected chi connectivity index (χ2v) is 6.07. The lowest BCUT2D eigenvalue weighted by atomic mass is 9.95. The Balaban J connectivity index is 2.05. The van der Waals surface area contributed by atoms with Gasteiger partial charge in [-0.05, 0) is 58.8 Å². The van der Waals surface area contributed by atoms with E-state index in [4.69, 9.17) is 0 Å². The number of hydrogen-bond donors (Lipinski definition) is 1. The second kappa shape index (κ2) is 5.52. The molecule has 16 heavy (non-hydrogen) atoms. The standard InChI is InChI=1S/C12H15BrFNS/c1-15-12-7-16-6-9(12)4-8-2-3-11(14)10(13)5-8/h2-3,5,9,12,15H,4,6-7H2,1H3. The van der Waals surface area contributed by atoms with Crippen molar-refractivity contribution in [3.05, 3.63) is 34.1 Å². The van der Waals surface area contributed by atoms with E-state index in [2.05, 4.69) is 21.2 Å². The van der Waals surface area contributed by atoms with Crippen LogP contribution in [0.2, 0.25) is 0 Å². The van der Waals surface area contributed by atoms with Gasteiger partial charge in [-0.2, -0.15) is 11.8 Å². The van der Waals surface area contributed by atoms with Crippen LogP contribution in [0.5, 0.6) is 0 Å². The molecule has 4 heteroatoms. The van der Waals surface area contributed by atoms with Crippen LogP contribution in [0.1, 0.15) is 5.56 Å². The average Bonchev–Trinajstić information content (AvgIpc) is 2.71. The number of benzene rings is 1. The van der Waals surface area contributed by atoms with E-state index < -0.39 is 0 Å². The molecule has 0 saturated carbocycles. The zero-order valence-corrected chi connectivity index (χ0v) is 11.6. The Morgan fingerprint density at radius 3 is 3.00 bits per heavy atom. The van der Waals surface area contributed by atoms with Crippen molar-refractivity contribution in [2.75, 3.05) is 18.6 Å². The van der Waals surface area contributed by atoms with Gasteiger partial charge in [0.05, 0.1) is 4.47 Å². The topological polar surface area (TPSA) is 12.0 Å². The third-order valence-electron chi connectivity index (χ3n) is 3.05. The van der Waals surface area contributed by atoms with E-state index in [1.54, 1.807) is 0 Å². The van der Waals surface area contributed by atoms with Crippen LogP contribution in [0.25, 0.3) is 0 Å². The van der Waals surface area contributed by atoms with E-state index in [1.165, 1.54) is 23.1 Å². The van der Waals surface area contributed by atoms with Crippen LogP contribution in [-0.2, 0) is 6.42 Å². The smallest absolute Gasteiger partial charge is 0.137 e. The van der Waals surface area contributed by atoms with Crippen LogP contribution >= 0.6 is 27.7 Å². The van der Waals surface area contributed by atoms with Gasteiger partial charge in [0.1, 0.15) is 5.82 Å². The summed E-state index contributed by atoms with van der Waals surface area (Å²) in [7, 11) is 2.02. The molecule has 0 bridgehead atoms. The zero-order chi connectivity index (χ0) is 11.5. The number of halogens is 2. The van der Waals surface area contributed by atoms with Gasteiger partial charge < -0.3 is 5.32 Å². The number of nitrogens with one attached hydrogen (secondary N) is 1. The van der Waals surface area contributed by atoms with Crippen molar-refractivity contribution in [2.45, 2.75) is 12.5 Å². The van der Waals surface area contributed by atoms with E-state index in [1.807, 2.05) is 30.9 Å². The fourth-order valence-corrected chi connectivity index (χ4v) is 4.00. The maximum Gasteiger partial charge on any atom is 0.137 e. The summed E-state index contributed by atoms with van der Waals surface area (Å²) >= 11 is 5.22. The Kier molecular flexibility index (Phi) is 4.27. The first kappa shape index (κ1) is 12.4. The zero-order valence-electron chi connectivity index (χ0n) is 9.17. The minimum absolute atomic E-state index is 0.185. The minimum atomic E-state index is -0.185. The highest BCUT2D eigenvalue weighted by molar-refractivity contribution is 9.10. The SMILES string of the molecule is CNC1CSCC1Cc1ccc(F)c(Br)c1. The predicted molar refractivity (Wildman–Crippen MR) is 71.5 cm³/mol. The molecule has 0 aromatic heterocycles. The Morgan fingerprint density at radius 2 is 2.31 bits per heavy atom. The molecule has 1 nitrogen and oxygen atoms in total. The minimum Gasteiger partial charge on any atom is -0.316 e. The summed E-state index contributed by atoms with van der Waals surface area (Å²) in [4.78, 5) is 0. The van der Waals surface area contributed by atoms with E-state index in [9.17, 15) is 4.39 Å². The molecule has 1 fully saturated rings. The van der Waals surface area contributed by atoms with Crippen molar-refractivity contribution in [1.29, 1.82) is 0 Å². The van der Waals surface area contributed by atoms with E-state index in [-0.39, 0.29) is 5.82 Å². The molecule has 2 rings (SSSR count). The number of thioether (sulfide) groups is 1. The summed E-state index contributed by atoms with van der Waals surface area (Å²) in [6.45, 7) is 0. The Bertz CT molecular complexity index is 372. The van der Waals surface area contributed by atoms with Gasteiger partial charge in [0.15, 0.2) is 0 Å². The molecule has 1 saturated heterocycles. The van der Waals surface area contributed by atoms with E-state index in [0.717, 1.165) is 6.42 Å². The van der Waals surface area contributed by atoms with Gasteiger partial charge in [0.2, 0.25) is 0 Å². The van der Waals surface area contributed by atoms with E-state index >= 15 is 0 Å². The molecule has 1 aromatic rings. The fraction of sp³-hybridized carbons (Fsp3) is 0.500. The molecule has 1 aliphatic heterocycles. The molecular formula is C12H15BrFNS.